The Balaban J connectivity index is 2.39. The summed E-state index contributed by atoms with van der Waals surface area (Å²) in [6, 6.07) is 0. The summed E-state index contributed by atoms with van der Waals surface area (Å²) in [5.74, 6) is 2.26. The molecule has 1 heterocycles. The van der Waals surface area contributed by atoms with E-state index in [0.29, 0.717) is 0 Å². The summed E-state index contributed by atoms with van der Waals surface area (Å²) in [5, 5.41) is 9.11. The van der Waals surface area contributed by atoms with E-state index < -0.39 is 6.10 Å². The minimum Gasteiger partial charge on any atom is -0.378 e. The Kier molecular flexibility index (Phi) is 2.31. The predicted molar refractivity (Wildman–Crippen MR) is 38.4 cm³/mol. The fraction of sp³-hybridized carbons (Fsp3) is 0.750. The van der Waals surface area contributed by atoms with Crippen LogP contribution in [0.4, 0.5) is 0 Å². The second-order valence-corrected chi connectivity index (χ2v) is 2.67. The molecule has 2 heteroatoms. The molecular weight excluding hydrogens is 128 g/mol. The van der Waals surface area contributed by atoms with E-state index in [0.717, 1.165) is 12.8 Å². The van der Waals surface area contributed by atoms with Crippen LogP contribution < -0.4 is 0 Å². The first kappa shape index (κ1) is 7.59. The normalized spacial score (nSPS) is 35.3. The van der Waals surface area contributed by atoms with Crippen LogP contribution in [0.5, 0.6) is 0 Å². The minimum absolute atomic E-state index is 0.125. The third kappa shape index (κ3) is 1.50. The van der Waals surface area contributed by atoms with Crippen LogP contribution in [-0.4, -0.2) is 23.4 Å². The fourth-order valence-corrected chi connectivity index (χ4v) is 1.17. The highest BCUT2D eigenvalue weighted by Gasteiger charge is 2.26. The van der Waals surface area contributed by atoms with Crippen molar-refractivity contribution < 1.29 is 9.84 Å². The molecule has 0 aromatic rings. The maximum atomic E-state index is 9.11. The third-order valence-electron chi connectivity index (χ3n) is 1.79. The molecule has 56 valence electrons. The minimum atomic E-state index is -0.718. The molecule has 3 atom stereocenters. The SMILES string of the molecule is C#CC(O)C1CCC(C)O1. The summed E-state index contributed by atoms with van der Waals surface area (Å²) in [6.07, 6.45) is 6.32. The van der Waals surface area contributed by atoms with E-state index in [1.54, 1.807) is 0 Å². The third-order valence-corrected chi connectivity index (χ3v) is 1.79. The van der Waals surface area contributed by atoms with Crippen LogP contribution in [0.15, 0.2) is 0 Å². The highest BCUT2D eigenvalue weighted by molar-refractivity contribution is 4.99. The van der Waals surface area contributed by atoms with E-state index in [1.165, 1.54) is 0 Å². The van der Waals surface area contributed by atoms with Gasteiger partial charge in [-0.3, -0.25) is 0 Å². The van der Waals surface area contributed by atoms with E-state index in [1.807, 2.05) is 6.92 Å². The molecule has 0 aliphatic carbocycles. The number of ether oxygens (including phenoxy) is 1. The van der Waals surface area contributed by atoms with Gasteiger partial charge >= 0.3 is 0 Å². The van der Waals surface area contributed by atoms with Crippen molar-refractivity contribution in [1.29, 1.82) is 0 Å². The quantitative estimate of drug-likeness (QED) is 0.539. The Labute approximate surface area is 61.2 Å². The fourth-order valence-electron chi connectivity index (χ4n) is 1.17. The average Bonchev–Trinajstić information content (AvgIpc) is 2.34. The van der Waals surface area contributed by atoms with Gasteiger partial charge in [0.25, 0.3) is 0 Å². The van der Waals surface area contributed by atoms with Crippen molar-refractivity contribution in [2.24, 2.45) is 0 Å². The number of hydrogen-bond acceptors (Lipinski definition) is 2. The Morgan fingerprint density at radius 3 is 2.80 bits per heavy atom. The molecule has 1 saturated heterocycles. The highest BCUT2D eigenvalue weighted by Crippen LogP contribution is 2.21. The lowest BCUT2D eigenvalue weighted by Gasteiger charge is -2.12. The van der Waals surface area contributed by atoms with Crippen LogP contribution in [0.2, 0.25) is 0 Å². The monoisotopic (exact) mass is 140 g/mol. The summed E-state index contributed by atoms with van der Waals surface area (Å²) in [4.78, 5) is 0. The highest BCUT2D eigenvalue weighted by atomic mass is 16.5. The zero-order chi connectivity index (χ0) is 7.56. The van der Waals surface area contributed by atoms with Gasteiger partial charge in [-0.1, -0.05) is 5.92 Å². The molecule has 0 amide bonds. The number of aliphatic hydroxyl groups excluding tert-OH is 1. The van der Waals surface area contributed by atoms with E-state index in [9.17, 15) is 0 Å². The van der Waals surface area contributed by atoms with E-state index in [4.69, 9.17) is 16.3 Å². The van der Waals surface area contributed by atoms with Crippen LogP contribution in [0.1, 0.15) is 19.8 Å². The number of aliphatic hydroxyl groups is 1. The van der Waals surface area contributed by atoms with Crippen molar-refractivity contribution in [3.63, 3.8) is 0 Å². The Hall–Kier alpha value is -0.520. The van der Waals surface area contributed by atoms with Gasteiger partial charge in [0.05, 0.1) is 12.2 Å². The topological polar surface area (TPSA) is 29.5 Å². The van der Waals surface area contributed by atoms with Gasteiger partial charge in [-0.25, -0.2) is 0 Å². The number of terminal acetylenes is 1. The van der Waals surface area contributed by atoms with E-state index in [2.05, 4.69) is 5.92 Å². The second kappa shape index (κ2) is 3.05. The lowest BCUT2D eigenvalue weighted by atomic mass is 10.1. The molecule has 1 N–H and O–H groups in total. The molecule has 0 aromatic carbocycles. The molecule has 0 aromatic heterocycles. The molecule has 3 unspecified atom stereocenters. The smallest absolute Gasteiger partial charge is 0.140 e. The first-order valence-electron chi connectivity index (χ1n) is 3.53. The maximum Gasteiger partial charge on any atom is 0.140 e. The van der Waals surface area contributed by atoms with Gasteiger partial charge in [0.15, 0.2) is 0 Å². The van der Waals surface area contributed by atoms with Crippen LogP contribution in [-0.2, 0) is 4.74 Å². The molecule has 0 radical (unpaired) electrons. The van der Waals surface area contributed by atoms with Crippen molar-refractivity contribution in [3.8, 4) is 12.3 Å². The van der Waals surface area contributed by atoms with Crippen molar-refractivity contribution in [3.05, 3.63) is 0 Å². The van der Waals surface area contributed by atoms with Crippen LogP contribution in [0.25, 0.3) is 0 Å². The van der Waals surface area contributed by atoms with Gasteiger partial charge in [0, 0.05) is 0 Å². The van der Waals surface area contributed by atoms with Crippen molar-refractivity contribution in [1.82, 2.24) is 0 Å². The zero-order valence-corrected chi connectivity index (χ0v) is 6.08. The van der Waals surface area contributed by atoms with Gasteiger partial charge in [-0.2, -0.15) is 0 Å². The second-order valence-electron chi connectivity index (χ2n) is 2.67. The summed E-state index contributed by atoms with van der Waals surface area (Å²) >= 11 is 0. The first-order chi connectivity index (χ1) is 4.74. The summed E-state index contributed by atoms with van der Waals surface area (Å²) in [6.45, 7) is 1.99. The molecule has 2 nitrogen and oxygen atoms in total. The largest absolute Gasteiger partial charge is 0.378 e. The van der Waals surface area contributed by atoms with Crippen molar-refractivity contribution >= 4 is 0 Å². The van der Waals surface area contributed by atoms with Crippen molar-refractivity contribution in [2.45, 2.75) is 38.1 Å². The predicted octanol–water partition coefficient (Wildman–Crippen LogP) is 0.548. The van der Waals surface area contributed by atoms with E-state index >= 15 is 0 Å². The molecule has 0 bridgehead atoms. The standard InChI is InChI=1S/C8H12O2/c1-3-7(9)8-5-4-6(2)10-8/h1,6-9H,4-5H2,2H3. The Bertz CT molecular complexity index is 148. The van der Waals surface area contributed by atoms with Crippen LogP contribution in [0, 0.1) is 12.3 Å². The Morgan fingerprint density at radius 1 is 1.70 bits per heavy atom. The van der Waals surface area contributed by atoms with Gasteiger partial charge in [-0.05, 0) is 19.8 Å². The lowest BCUT2D eigenvalue weighted by molar-refractivity contribution is -0.00523. The molecule has 0 saturated carbocycles. The van der Waals surface area contributed by atoms with Gasteiger partial charge in [0.2, 0.25) is 0 Å². The van der Waals surface area contributed by atoms with Crippen LogP contribution >= 0.6 is 0 Å². The summed E-state index contributed by atoms with van der Waals surface area (Å²) in [7, 11) is 0. The molecule has 1 aliphatic rings. The zero-order valence-electron chi connectivity index (χ0n) is 6.08. The lowest BCUT2D eigenvalue weighted by Crippen LogP contribution is -2.23. The molecule has 10 heavy (non-hydrogen) atoms. The van der Waals surface area contributed by atoms with Gasteiger partial charge < -0.3 is 9.84 Å². The summed E-state index contributed by atoms with van der Waals surface area (Å²) < 4.78 is 5.32. The van der Waals surface area contributed by atoms with Crippen molar-refractivity contribution in [2.75, 3.05) is 0 Å². The molecule has 1 aliphatic heterocycles. The van der Waals surface area contributed by atoms with Gasteiger partial charge in [0.1, 0.15) is 6.10 Å². The summed E-state index contributed by atoms with van der Waals surface area (Å²) in [5.41, 5.74) is 0. The first-order valence-corrected chi connectivity index (χ1v) is 3.53. The molecular formula is C8H12O2. The van der Waals surface area contributed by atoms with E-state index in [-0.39, 0.29) is 12.2 Å². The number of rotatable bonds is 1. The Morgan fingerprint density at radius 2 is 2.40 bits per heavy atom. The van der Waals surface area contributed by atoms with Gasteiger partial charge in [-0.15, -0.1) is 6.42 Å². The molecule has 1 rings (SSSR count). The maximum absolute atomic E-state index is 9.11. The molecule has 1 fully saturated rings. The average molecular weight is 140 g/mol. The molecule has 0 spiro atoms. The number of hydrogen-bond donors (Lipinski definition) is 1. The van der Waals surface area contributed by atoms with Crippen LogP contribution in [0.3, 0.4) is 0 Å².